The van der Waals surface area contributed by atoms with E-state index in [0.717, 1.165) is 36.3 Å². The number of benzene rings is 2. The van der Waals surface area contributed by atoms with Gasteiger partial charge in [0.1, 0.15) is 4.32 Å². The number of hydrogen-bond acceptors (Lipinski definition) is 7. The van der Waals surface area contributed by atoms with E-state index >= 15 is 0 Å². The Labute approximate surface area is 214 Å². The molecule has 2 aromatic rings. The van der Waals surface area contributed by atoms with Crippen LogP contribution in [0.1, 0.15) is 30.9 Å². The van der Waals surface area contributed by atoms with Crippen LogP contribution in [0.25, 0.3) is 6.08 Å². The van der Waals surface area contributed by atoms with Crippen molar-refractivity contribution in [3.8, 4) is 11.5 Å². The fourth-order valence-electron chi connectivity index (χ4n) is 3.87. The Morgan fingerprint density at radius 3 is 2.86 bits per heavy atom. The van der Waals surface area contributed by atoms with Crippen LogP contribution in [0.2, 0.25) is 0 Å². The maximum Gasteiger partial charge on any atom is 0.266 e. The molecule has 0 aliphatic carbocycles. The highest BCUT2D eigenvalue weighted by Crippen LogP contribution is 2.35. The summed E-state index contributed by atoms with van der Waals surface area (Å²) in [5.74, 6) is 0.576. The number of ether oxygens (including phenoxy) is 3. The third-order valence-corrected chi connectivity index (χ3v) is 6.89. The zero-order chi connectivity index (χ0) is 24.8. The molecular weight excluding hydrogens is 484 g/mol. The van der Waals surface area contributed by atoms with Crippen LogP contribution in [0.15, 0.2) is 47.4 Å². The maximum absolute atomic E-state index is 12.9. The second-order valence-corrected chi connectivity index (χ2v) is 9.95. The molecule has 2 saturated heterocycles. The van der Waals surface area contributed by atoms with Crippen LogP contribution >= 0.6 is 24.0 Å². The first-order chi connectivity index (χ1) is 16.9. The van der Waals surface area contributed by atoms with Gasteiger partial charge in [-0.15, -0.1) is 0 Å². The summed E-state index contributed by atoms with van der Waals surface area (Å²) in [4.78, 5) is 27.4. The molecule has 0 bridgehead atoms. The lowest BCUT2D eigenvalue weighted by Crippen LogP contribution is -2.35. The minimum absolute atomic E-state index is 0.0425. The Morgan fingerprint density at radius 1 is 1.26 bits per heavy atom. The number of carbonyl (C=O) groups is 2. The van der Waals surface area contributed by atoms with Crippen molar-refractivity contribution >= 4 is 51.9 Å². The van der Waals surface area contributed by atoms with Crippen molar-refractivity contribution in [1.82, 2.24) is 4.90 Å². The Morgan fingerprint density at radius 2 is 2.11 bits per heavy atom. The van der Waals surface area contributed by atoms with Gasteiger partial charge in [0.25, 0.3) is 11.8 Å². The molecule has 0 aromatic heterocycles. The number of nitrogens with one attached hydrogen (secondary N) is 1. The molecule has 35 heavy (non-hydrogen) atoms. The van der Waals surface area contributed by atoms with Crippen molar-refractivity contribution in [3.63, 3.8) is 0 Å². The summed E-state index contributed by atoms with van der Waals surface area (Å²) < 4.78 is 17.7. The summed E-state index contributed by atoms with van der Waals surface area (Å²) in [5.41, 5.74) is 2.56. The standard InChI is InChI=1S/C26H28N2O5S2/c1-3-31-22-13-18(14-23-25(30)28(26(34)35-23)15-20-8-5-11-32-20)9-10-21(22)33-16-24(29)27-19-7-4-6-17(2)12-19/h4,6-7,9-10,12-14,20H,3,5,8,11,15-16H2,1-2H3,(H,27,29)/b23-14-/t20-/m0/s1. The van der Waals surface area contributed by atoms with Crippen LogP contribution in [0.3, 0.4) is 0 Å². The van der Waals surface area contributed by atoms with Crippen LogP contribution in [0.4, 0.5) is 5.69 Å². The predicted molar refractivity (Wildman–Crippen MR) is 142 cm³/mol. The maximum atomic E-state index is 12.9. The van der Waals surface area contributed by atoms with Crippen LogP contribution in [-0.2, 0) is 14.3 Å². The van der Waals surface area contributed by atoms with E-state index in [9.17, 15) is 9.59 Å². The van der Waals surface area contributed by atoms with Crippen molar-refractivity contribution in [3.05, 3.63) is 58.5 Å². The molecular formula is C26H28N2O5S2. The highest BCUT2D eigenvalue weighted by atomic mass is 32.2. The van der Waals surface area contributed by atoms with Gasteiger partial charge in [-0.3, -0.25) is 14.5 Å². The largest absolute Gasteiger partial charge is 0.490 e. The number of thioether (sulfide) groups is 1. The molecule has 2 aliphatic rings. The number of rotatable bonds is 9. The van der Waals surface area contributed by atoms with Crippen LogP contribution < -0.4 is 14.8 Å². The molecule has 2 heterocycles. The number of aryl methyl sites for hydroxylation is 1. The predicted octanol–water partition coefficient (Wildman–Crippen LogP) is 4.79. The first-order valence-corrected chi connectivity index (χ1v) is 12.8. The Kier molecular flexibility index (Phi) is 8.43. The van der Waals surface area contributed by atoms with Gasteiger partial charge in [0.15, 0.2) is 18.1 Å². The lowest BCUT2D eigenvalue weighted by molar-refractivity contribution is -0.123. The molecule has 4 rings (SSSR count). The van der Waals surface area contributed by atoms with Gasteiger partial charge in [0.05, 0.1) is 24.2 Å². The molecule has 1 N–H and O–H groups in total. The zero-order valence-corrected chi connectivity index (χ0v) is 21.4. The van der Waals surface area contributed by atoms with E-state index in [1.165, 1.54) is 11.8 Å². The van der Waals surface area contributed by atoms with Gasteiger partial charge in [-0.05, 0) is 68.2 Å². The summed E-state index contributed by atoms with van der Waals surface area (Å²) in [6, 6.07) is 12.9. The Hall–Kier alpha value is -2.88. The third kappa shape index (κ3) is 6.62. The average molecular weight is 513 g/mol. The summed E-state index contributed by atoms with van der Waals surface area (Å²) in [6.07, 6.45) is 3.79. The van der Waals surface area contributed by atoms with Crippen LogP contribution in [0, 0.1) is 6.92 Å². The molecule has 2 aromatic carbocycles. The Bertz CT molecular complexity index is 1140. The SMILES string of the molecule is CCOc1cc(/C=C2\SC(=S)N(C[C@@H]3CCCO3)C2=O)ccc1OCC(=O)Nc1cccc(C)c1. The monoisotopic (exact) mass is 512 g/mol. The van der Waals surface area contributed by atoms with Crippen LogP contribution in [-0.4, -0.2) is 53.5 Å². The molecule has 9 heteroatoms. The number of nitrogens with zero attached hydrogens (tertiary/aromatic N) is 1. The van der Waals surface area contributed by atoms with E-state index in [1.807, 2.05) is 44.2 Å². The minimum Gasteiger partial charge on any atom is -0.490 e. The lowest BCUT2D eigenvalue weighted by Gasteiger charge is -2.18. The van der Waals surface area contributed by atoms with Gasteiger partial charge in [-0.1, -0.05) is 42.2 Å². The zero-order valence-electron chi connectivity index (χ0n) is 19.7. The molecule has 0 spiro atoms. The number of hydrogen-bond donors (Lipinski definition) is 1. The quantitative estimate of drug-likeness (QED) is 0.382. The van der Waals surface area contributed by atoms with E-state index in [2.05, 4.69) is 5.32 Å². The fourth-order valence-corrected chi connectivity index (χ4v) is 5.14. The van der Waals surface area contributed by atoms with Crippen molar-refractivity contribution in [2.24, 2.45) is 0 Å². The van der Waals surface area contributed by atoms with Gasteiger partial charge < -0.3 is 19.5 Å². The van der Waals surface area contributed by atoms with Gasteiger partial charge in [0.2, 0.25) is 0 Å². The molecule has 184 valence electrons. The van der Waals surface area contributed by atoms with Crippen molar-refractivity contribution in [2.45, 2.75) is 32.8 Å². The summed E-state index contributed by atoms with van der Waals surface area (Å²) in [7, 11) is 0. The smallest absolute Gasteiger partial charge is 0.266 e. The van der Waals surface area contributed by atoms with Crippen molar-refractivity contribution < 1.29 is 23.8 Å². The molecule has 0 radical (unpaired) electrons. The molecule has 0 saturated carbocycles. The van der Waals surface area contributed by atoms with E-state index in [1.54, 1.807) is 23.1 Å². The second kappa shape index (κ2) is 11.7. The number of carbonyl (C=O) groups excluding carboxylic acids is 2. The number of thiocarbonyl (C=S) groups is 1. The third-order valence-electron chi connectivity index (χ3n) is 5.51. The first-order valence-electron chi connectivity index (χ1n) is 11.6. The van der Waals surface area contributed by atoms with Gasteiger partial charge in [0, 0.05) is 12.3 Å². The fraction of sp³-hybridized carbons (Fsp3) is 0.346. The van der Waals surface area contributed by atoms with E-state index in [0.29, 0.717) is 33.9 Å². The first kappa shape index (κ1) is 25.2. The minimum atomic E-state index is -0.267. The normalized spacial score (nSPS) is 18.9. The Balaban J connectivity index is 1.42. The molecule has 1 atom stereocenters. The molecule has 2 fully saturated rings. The molecule has 2 amide bonds. The highest BCUT2D eigenvalue weighted by molar-refractivity contribution is 8.26. The van der Waals surface area contributed by atoms with E-state index in [-0.39, 0.29) is 24.5 Å². The van der Waals surface area contributed by atoms with E-state index < -0.39 is 0 Å². The van der Waals surface area contributed by atoms with Gasteiger partial charge in [-0.2, -0.15) is 0 Å². The summed E-state index contributed by atoms with van der Waals surface area (Å²) in [5, 5.41) is 2.82. The summed E-state index contributed by atoms with van der Waals surface area (Å²) >= 11 is 6.72. The average Bonchev–Trinajstić information content (AvgIpc) is 3.43. The molecule has 0 unspecified atom stereocenters. The highest BCUT2D eigenvalue weighted by Gasteiger charge is 2.34. The number of anilines is 1. The molecule has 7 nitrogen and oxygen atoms in total. The summed E-state index contributed by atoms with van der Waals surface area (Å²) in [6.45, 7) is 5.33. The number of amides is 2. The van der Waals surface area contributed by atoms with Crippen molar-refractivity contribution in [1.29, 1.82) is 0 Å². The molecule has 2 aliphatic heterocycles. The van der Waals surface area contributed by atoms with Gasteiger partial charge >= 0.3 is 0 Å². The van der Waals surface area contributed by atoms with Gasteiger partial charge in [-0.25, -0.2) is 0 Å². The lowest BCUT2D eigenvalue weighted by atomic mass is 10.1. The van der Waals surface area contributed by atoms with Crippen molar-refractivity contribution in [2.75, 3.05) is 31.7 Å². The topological polar surface area (TPSA) is 77.1 Å². The second-order valence-electron chi connectivity index (χ2n) is 8.27. The van der Waals surface area contributed by atoms with E-state index in [4.69, 9.17) is 26.4 Å². The van der Waals surface area contributed by atoms with Crippen LogP contribution in [0.5, 0.6) is 11.5 Å².